The lowest BCUT2D eigenvalue weighted by Gasteiger charge is -2.45. The van der Waals surface area contributed by atoms with Gasteiger partial charge in [-0.1, -0.05) is 6.92 Å². The van der Waals surface area contributed by atoms with E-state index in [1.807, 2.05) is 6.92 Å². The molecule has 2 atom stereocenters. The Balaban J connectivity index is 1.26. The number of hydrogen-bond acceptors (Lipinski definition) is 8. The highest BCUT2D eigenvalue weighted by molar-refractivity contribution is 5.96. The summed E-state index contributed by atoms with van der Waals surface area (Å²) in [4.78, 5) is 34.6. The van der Waals surface area contributed by atoms with Gasteiger partial charge in [0.1, 0.15) is 6.54 Å². The number of anilines is 2. The lowest BCUT2D eigenvalue weighted by Crippen LogP contribution is -2.64. The van der Waals surface area contributed by atoms with Crippen LogP contribution < -0.4 is 10.6 Å². The number of benzene rings is 1. The number of carbonyl (C=O) groups is 2. The molecular weight excluding hydrogens is 591 g/mol. The molecule has 2 aliphatic rings. The Kier molecular flexibility index (Phi) is 7.47. The summed E-state index contributed by atoms with van der Waals surface area (Å²) in [5, 5.41) is 9.57. The first kappa shape index (κ1) is 29.5. The standard InChI is InChI=1S/C28H27F5N8O3/c1-2-16-9-17(3-4-18(16)25(43)39-7-5-27(14-39)13-36-26(27)44-15-42)37-23-24-35-10-20(41(24)8-6-34-23)19-11-40(12-21(29)30)38-22(19)28(31,32)33/h3-4,6,8-11,15,21,26,36H,2,5,7,12-14H2,1H3,(H,34,37). The average molecular weight is 619 g/mol. The second-order valence-electron chi connectivity index (χ2n) is 10.8. The predicted octanol–water partition coefficient (Wildman–Crippen LogP) is 4.12. The molecule has 232 valence electrons. The maximum atomic E-state index is 13.8. The Morgan fingerprint density at radius 3 is 2.80 bits per heavy atom. The summed E-state index contributed by atoms with van der Waals surface area (Å²) in [5.41, 5.74) is 0.0758. The van der Waals surface area contributed by atoms with E-state index in [-0.39, 0.29) is 28.5 Å². The molecule has 2 aliphatic heterocycles. The number of carbonyl (C=O) groups excluding carboxylic acids is 2. The molecule has 5 heterocycles. The first-order valence-corrected chi connectivity index (χ1v) is 13.8. The molecule has 11 nitrogen and oxygen atoms in total. The molecule has 0 aliphatic carbocycles. The number of rotatable bonds is 9. The zero-order valence-corrected chi connectivity index (χ0v) is 23.3. The van der Waals surface area contributed by atoms with Crippen molar-refractivity contribution in [2.45, 2.75) is 45.1 Å². The maximum Gasteiger partial charge on any atom is 0.435 e. The summed E-state index contributed by atoms with van der Waals surface area (Å²) in [6.45, 7) is 2.99. The van der Waals surface area contributed by atoms with Gasteiger partial charge >= 0.3 is 6.18 Å². The molecule has 0 bridgehead atoms. The van der Waals surface area contributed by atoms with E-state index in [9.17, 15) is 31.5 Å². The molecule has 2 fully saturated rings. The van der Waals surface area contributed by atoms with Gasteiger partial charge in [-0.25, -0.2) is 18.7 Å². The quantitative estimate of drug-likeness (QED) is 0.213. The van der Waals surface area contributed by atoms with Crippen molar-refractivity contribution in [1.29, 1.82) is 0 Å². The molecule has 0 radical (unpaired) electrons. The van der Waals surface area contributed by atoms with Crippen molar-refractivity contribution in [2.75, 3.05) is 25.0 Å². The number of aryl methyl sites for hydroxylation is 1. The van der Waals surface area contributed by atoms with Crippen LogP contribution in [0.1, 0.15) is 35.0 Å². The summed E-state index contributed by atoms with van der Waals surface area (Å²) >= 11 is 0. The summed E-state index contributed by atoms with van der Waals surface area (Å²) in [6, 6.07) is 5.21. The Bertz CT molecular complexity index is 1720. The zero-order valence-electron chi connectivity index (χ0n) is 23.3. The van der Waals surface area contributed by atoms with E-state index in [4.69, 9.17) is 4.74 Å². The molecule has 1 aromatic carbocycles. The number of ether oxygens (including phenoxy) is 1. The molecule has 16 heteroatoms. The second kappa shape index (κ2) is 11.2. The van der Waals surface area contributed by atoms with Crippen LogP contribution in [-0.2, 0) is 28.7 Å². The largest absolute Gasteiger partial charge is 0.448 e. The molecule has 44 heavy (non-hydrogen) atoms. The smallest absolute Gasteiger partial charge is 0.435 e. The van der Waals surface area contributed by atoms with Gasteiger partial charge in [-0.3, -0.25) is 24.0 Å². The lowest BCUT2D eigenvalue weighted by atomic mass is 9.78. The van der Waals surface area contributed by atoms with Gasteiger partial charge in [-0.2, -0.15) is 18.3 Å². The number of imidazole rings is 1. The molecule has 2 saturated heterocycles. The van der Waals surface area contributed by atoms with Crippen molar-refractivity contribution in [1.82, 2.24) is 34.4 Å². The first-order valence-electron chi connectivity index (χ1n) is 13.8. The van der Waals surface area contributed by atoms with Gasteiger partial charge in [0, 0.05) is 49.5 Å². The van der Waals surface area contributed by atoms with Crippen LogP contribution in [0.25, 0.3) is 16.9 Å². The SMILES string of the molecule is CCc1cc(Nc2nccn3c(-c4cn(CC(F)F)nc4C(F)(F)F)cnc23)ccc1C(=O)N1CCC2(CNC2OC=O)C1. The molecule has 2 N–H and O–H groups in total. The van der Waals surface area contributed by atoms with Crippen LogP contribution in [0.4, 0.5) is 33.5 Å². The Labute approximate surface area is 247 Å². The van der Waals surface area contributed by atoms with Crippen LogP contribution in [0, 0.1) is 5.41 Å². The number of alkyl halides is 5. The first-order chi connectivity index (χ1) is 21.0. The maximum absolute atomic E-state index is 13.8. The van der Waals surface area contributed by atoms with Crippen LogP contribution in [0.15, 0.2) is 43.0 Å². The number of fused-ring (bicyclic) bond motifs is 1. The Morgan fingerprint density at radius 2 is 2.11 bits per heavy atom. The number of aromatic nitrogens is 5. The van der Waals surface area contributed by atoms with Crippen molar-refractivity contribution in [3.05, 3.63) is 59.8 Å². The van der Waals surface area contributed by atoms with Gasteiger partial charge in [0.05, 0.1) is 22.9 Å². The van der Waals surface area contributed by atoms with Crippen LogP contribution in [0.2, 0.25) is 0 Å². The summed E-state index contributed by atoms with van der Waals surface area (Å²) in [6.07, 6.45) is -2.02. The van der Waals surface area contributed by atoms with Crippen molar-refractivity contribution < 1.29 is 36.3 Å². The van der Waals surface area contributed by atoms with E-state index >= 15 is 0 Å². The average Bonchev–Trinajstić information content (AvgIpc) is 3.72. The summed E-state index contributed by atoms with van der Waals surface area (Å²) < 4.78 is 74.1. The van der Waals surface area contributed by atoms with Gasteiger partial charge in [0.2, 0.25) is 0 Å². The van der Waals surface area contributed by atoms with Crippen LogP contribution in [0.3, 0.4) is 0 Å². The van der Waals surface area contributed by atoms with Crippen molar-refractivity contribution >= 4 is 29.5 Å². The van der Waals surface area contributed by atoms with Crippen molar-refractivity contribution in [3.63, 3.8) is 0 Å². The number of likely N-dealkylation sites (tertiary alicyclic amines) is 1. The minimum Gasteiger partial charge on any atom is -0.448 e. The number of nitrogens with zero attached hydrogens (tertiary/aromatic N) is 6. The number of nitrogens with one attached hydrogen (secondary N) is 2. The van der Waals surface area contributed by atoms with E-state index in [0.717, 1.165) is 11.8 Å². The zero-order chi connectivity index (χ0) is 31.2. The van der Waals surface area contributed by atoms with E-state index in [1.54, 1.807) is 23.1 Å². The molecule has 1 amide bonds. The van der Waals surface area contributed by atoms with Crippen LogP contribution in [0.5, 0.6) is 0 Å². The lowest BCUT2D eigenvalue weighted by molar-refractivity contribution is -0.155. The predicted molar refractivity (Wildman–Crippen MR) is 146 cm³/mol. The minimum absolute atomic E-state index is 0.000637. The third-order valence-corrected chi connectivity index (χ3v) is 8.10. The second-order valence-corrected chi connectivity index (χ2v) is 10.8. The molecule has 4 aromatic rings. The van der Waals surface area contributed by atoms with E-state index < -0.39 is 36.6 Å². The number of amides is 1. The highest BCUT2D eigenvalue weighted by Gasteiger charge is 2.53. The van der Waals surface area contributed by atoms with Gasteiger partial charge < -0.3 is 15.0 Å². The highest BCUT2D eigenvalue weighted by Crippen LogP contribution is 2.41. The highest BCUT2D eigenvalue weighted by atomic mass is 19.4. The normalized spacial score (nSPS) is 20.0. The third kappa shape index (κ3) is 5.22. The van der Waals surface area contributed by atoms with Gasteiger partial charge in [-0.05, 0) is 36.6 Å². The summed E-state index contributed by atoms with van der Waals surface area (Å²) in [7, 11) is 0. The topological polar surface area (TPSA) is 119 Å². The van der Waals surface area contributed by atoms with E-state index in [0.29, 0.717) is 54.9 Å². The fourth-order valence-corrected chi connectivity index (χ4v) is 5.89. The fourth-order valence-electron chi connectivity index (χ4n) is 5.89. The minimum atomic E-state index is -4.88. The summed E-state index contributed by atoms with van der Waals surface area (Å²) in [5.74, 6) is 0.0987. The van der Waals surface area contributed by atoms with Gasteiger partial charge in [0.15, 0.2) is 23.4 Å². The fraction of sp³-hybridized carbons (Fsp3) is 0.393. The monoisotopic (exact) mass is 618 g/mol. The van der Waals surface area contributed by atoms with Crippen LogP contribution in [-0.4, -0.2) is 73.7 Å². The van der Waals surface area contributed by atoms with Gasteiger partial charge in [0.25, 0.3) is 18.8 Å². The third-order valence-electron chi connectivity index (χ3n) is 8.10. The number of hydrogen-bond donors (Lipinski definition) is 2. The van der Waals surface area contributed by atoms with Crippen molar-refractivity contribution in [3.8, 4) is 11.3 Å². The van der Waals surface area contributed by atoms with Gasteiger partial charge in [-0.15, -0.1) is 0 Å². The Hall–Kier alpha value is -4.60. The Morgan fingerprint density at radius 1 is 1.30 bits per heavy atom. The molecule has 0 saturated carbocycles. The molecule has 3 aromatic heterocycles. The number of halogens is 5. The molecule has 1 spiro atoms. The van der Waals surface area contributed by atoms with Crippen molar-refractivity contribution in [2.24, 2.45) is 5.41 Å². The molecule has 2 unspecified atom stereocenters. The van der Waals surface area contributed by atoms with E-state index in [1.165, 1.54) is 23.0 Å². The van der Waals surface area contributed by atoms with Crippen LogP contribution >= 0.6 is 0 Å². The van der Waals surface area contributed by atoms with E-state index in [2.05, 4.69) is 25.7 Å². The molecule has 6 rings (SSSR count). The molecular formula is C28H27F5N8O3.